The van der Waals surface area contributed by atoms with E-state index in [1.165, 1.54) is 0 Å². The first-order valence-corrected chi connectivity index (χ1v) is 27.0. The van der Waals surface area contributed by atoms with E-state index in [0.717, 1.165) is 0 Å². The Morgan fingerprint density at radius 1 is 0.538 bits per heavy atom. The van der Waals surface area contributed by atoms with Crippen LogP contribution in [0.15, 0.2) is 12.2 Å². The summed E-state index contributed by atoms with van der Waals surface area (Å²) in [6, 6.07) is 0. The van der Waals surface area contributed by atoms with Crippen LogP contribution in [0, 0.1) is 28.6 Å². The molecule has 5 heterocycles. The summed E-state index contributed by atoms with van der Waals surface area (Å²) in [5.74, 6) is -1.32. The largest absolute Gasteiger partial charge is 0.432 e. The van der Waals surface area contributed by atoms with Gasteiger partial charge in [0.05, 0.1) is 38.4 Å². The monoisotopic (exact) mass is 1150 g/mol. The third-order valence-electron chi connectivity index (χ3n) is 18.1. The molecule has 29 heteroatoms. The Hall–Kier alpha value is -1.48. The van der Waals surface area contributed by atoms with E-state index in [4.69, 9.17) is 60.0 Å². The third-order valence-corrected chi connectivity index (χ3v) is 18.7. The smallest absolute Gasteiger partial charge is 0.314 e. The van der Waals surface area contributed by atoms with Crippen molar-refractivity contribution < 1.29 is 139 Å². The maximum atomic E-state index is 14.8. The van der Waals surface area contributed by atoms with Gasteiger partial charge in [0, 0.05) is 0 Å². The van der Waals surface area contributed by atoms with E-state index in [0.29, 0.717) is 50.5 Å². The lowest BCUT2D eigenvalue weighted by Gasteiger charge is -2.59. The number of fused-ring (bicyclic) bond motifs is 3. The fraction of sp³-hybridized carbons (Fsp3) is 0.939. The first kappa shape index (κ1) is 62.6. The predicted molar refractivity (Wildman–Crippen MR) is 257 cm³/mol. The van der Waals surface area contributed by atoms with Crippen LogP contribution in [0.3, 0.4) is 0 Å². The molecular formula is C49H80O28S. The molecule has 0 aromatic rings. The second-order valence-electron chi connectivity index (χ2n) is 22.8. The van der Waals surface area contributed by atoms with Gasteiger partial charge in [-0.15, -0.1) is 12.6 Å². The van der Waals surface area contributed by atoms with Crippen molar-refractivity contribution in [2.75, 3.05) is 33.0 Å². The first-order chi connectivity index (χ1) is 36.8. The summed E-state index contributed by atoms with van der Waals surface area (Å²) < 4.78 is 58.9. The van der Waals surface area contributed by atoms with Gasteiger partial charge in [-0.2, -0.15) is 0 Å². The fourth-order valence-corrected chi connectivity index (χ4v) is 13.7. The molecule has 0 bridgehead atoms. The first-order valence-electron chi connectivity index (χ1n) is 26.6. The number of ether oxygens (including phenoxy) is 10. The molecule has 0 spiro atoms. The molecule has 0 radical (unpaired) electrons. The van der Waals surface area contributed by atoms with E-state index in [9.17, 15) is 91.6 Å². The van der Waals surface area contributed by atoms with Crippen LogP contribution >= 0.6 is 12.6 Å². The minimum absolute atomic E-state index is 0.0600. The molecule has 0 amide bonds. The Morgan fingerprint density at radius 2 is 0.974 bits per heavy atom. The Balaban J connectivity index is 1.01. The van der Waals surface area contributed by atoms with Gasteiger partial charge in [0.25, 0.3) is 0 Å². The molecule has 31 atom stereocenters. The third kappa shape index (κ3) is 11.7. The van der Waals surface area contributed by atoms with E-state index in [-0.39, 0.29) is 24.2 Å². The van der Waals surface area contributed by atoms with Crippen molar-refractivity contribution in [3.63, 3.8) is 0 Å². The second-order valence-corrected chi connectivity index (χ2v) is 23.5. The topological polar surface area (TPSA) is 453 Å². The number of carbonyl (C=O) groups excluding carboxylic acids is 1. The van der Waals surface area contributed by atoms with Crippen LogP contribution in [0.4, 0.5) is 0 Å². The van der Waals surface area contributed by atoms with Crippen molar-refractivity contribution in [1.82, 2.24) is 0 Å². The number of hydrogen-bond acceptors (Lipinski definition) is 29. The van der Waals surface area contributed by atoms with Crippen LogP contribution in [0.1, 0.15) is 65.2 Å². The molecule has 5 saturated heterocycles. The Kier molecular flexibility index (Phi) is 20.1. The van der Waals surface area contributed by atoms with Crippen molar-refractivity contribution in [2.45, 2.75) is 224 Å². The van der Waals surface area contributed by atoms with E-state index in [1.807, 2.05) is 0 Å². The zero-order valence-electron chi connectivity index (χ0n) is 43.1. The highest BCUT2D eigenvalue weighted by atomic mass is 32.1. The minimum Gasteiger partial charge on any atom is -0.432 e. The summed E-state index contributed by atoms with van der Waals surface area (Å²) in [4.78, 5) is 13.2. The molecule has 8 rings (SSSR count). The lowest BCUT2D eigenvalue weighted by atomic mass is 9.45. The summed E-state index contributed by atoms with van der Waals surface area (Å²) in [7, 11) is 0. The van der Waals surface area contributed by atoms with Gasteiger partial charge in [0.1, 0.15) is 121 Å². The minimum atomic E-state index is -1.98. The number of aliphatic hydroxyl groups excluding tert-OH is 17. The van der Waals surface area contributed by atoms with Crippen LogP contribution in [0.25, 0.3) is 0 Å². The van der Waals surface area contributed by atoms with Gasteiger partial charge in [0.2, 0.25) is 6.29 Å². The molecular weight excluding hydrogens is 1070 g/mol. The van der Waals surface area contributed by atoms with E-state index in [2.05, 4.69) is 13.5 Å². The number of thiol groups is 1. The van der Waals surface area contributed by atoms with Gasteiger partial charge < -0.3 is 134 Å². The molecule has 450 valence electrons. The molecule has 3 saturated carbocycles. The highest BCUT2D eigenvalue weighted by molar-refractivity contribution is 7.81. The standard InChI is InChI=1S/C49H80O28S/c1-17-11-18-5-6-25-47(2,8-4-9-48(25,3)46(67)76-44-39(34(62)29(57)23(15-53)72-44)74-42-37(65)32(60)27(55)21(13-51)70-42)19(18)7-10-49(17,78)77-45-40(75-43-38(66)33(61)28(56)22(14-52)71-43)35(63)30(58)24(73-45)16-68-41-36(64)31(59)26(54)20(12-50)69-41/h18-45,50-66,78H,1,4-16H2,2-3H3/t18?,19-,20?,21?,22?,23?,24?,25?,26?,27?,28?,29?,30?,31?,32?,33?,34?,35?,36?,37?,38?,39?,40?,41?,42?,43?,44?,45?,47+,48-,49?/m1/s1. The fourth-order valence-electron chi connectivity index (χ4n) is 13.4. The lowest BCUT2D eigenvalue weighted by molar-refractivity contribution is -0.376. The van der Waals surface area contributed by atoms with Gasteiger partial charge >= 0.3 is 5.97 Å². The highest BCUT2D eigenvalue weighted by Crippen LogP contribution is 2.65. The number of hydrogen-bond donors (Lipinski definition) is 18. The molecule has 5 aliphatic heterocycles. The van der Waals surface area contributed by atoms with E-state index in [1.54, 1.807) is 6.92 Å². The molecule has 0 aromatic carbocycles. The average molecular weight is 1150 g/mol. The van der Waals surface area contributed by atoms with Gasteiger partial charge in [-0.3, -0.25) is 4.79 Å². The van der Waals surface area contributed by atoms with Crippen LogP contribution in [-0.4, -0.2) is 284 Å². The van der Waals surface area contributed by atoms with E-state index >= 15 is 0 Å². The molecule has 28 unspecified atom stereocenters. The van der Waals surface area contributed by atoms with Crippen molar-refractivity contribution in [2.24, 2.45) is 28.6 Å². The summed E-state index contributed by atoms with van der Waals surface area (Å²) in [5.41, 5.74) is -1.35. The molecule has 8 fully saturated rings. The number of rotatable bonds is 15. The van der Waals surface area contributed by atoms with Crippen molar-refractivity contribution in [3.05, 3.63) is 12.2 Å². The SMILES string of the molecule is C=C1CC2CCC3[C@](C)(C(=O)OC4OC(CO)C(O)C(O)C4OC4OC(CO)C(O)C(O)C4O)CCC[C@@]3(C)[C@@H]2CCC1(S)OC1OC(COC2OC(CO)C(O)C(O)C2O)C(O)C(O)C1OC1OC(CO)C(O)C(O)C1O. The molecule has 0 aromatic heterocycles. The zero-order chi connectivity index (χ0) is 57.1. The summed E-state index contributed by atoms with van der Waals surface area (Å²) in [6.07, 6.45) is -40.4. The maximum Gasteiger partial charge on any atom is 0.314 e. The Morgan fingerprint density at radius 3 is 1.49 bits per heavy atom. The Labute approximate surface area is 453 Å². The van der Waals surface area contributed by atoms with Crippen LogP contribution < -0.4 is 0 Å². The van der Waals surface area contributed by atoms with Crippen molar-refractivity contribution in [1.29, 1.82) is 0 Å². The molecule has 17 N–H and O–H groups in total. The molecule has 3 aliphatic carbocycles. The van der Waals surface area contributed by atoms with Crippen molar-refractivity contribution >= 4 is 18.6 Å². The lowest BCUT2D eigenvalue weighted by Crippen LogP contribution is -2.65. The summed E-state index contributed by atoms with van der Waals surface area (Å²) in [5, 5.41) is 180. The number of aliphatic hydroxyl groups is 17. The van der Waals surface area contributed by atoms with Gasteiger partial charge in [-0.25, -0.2) is 0 Å². The highest BCUT2D eigenvalue weighted by Gasteiger charge is 2.62. The Bertz CT molecular complexity index is 2010. The second kappa shape index (κ2) is 25.0. The predicted octanol–water partition coefficient (Wildman–Crippen LogP) is -7.18. The maximum absolute atomic E-state index is 14.8. The average Bonchev–Trinajstić information content (AvgIpc) is 3.76. The molecule has 78 heavy (non-hydrogen) atoms. The van der Waals surface area contributed by atoms with E-state index < -0.39 is 208 Å². The van der Waals surface area contributed by atoms with Crippen LogP contribution in [-0.2, 0) is 52.2 Å². The quantitative estimate of drug-likeness (QED) is 0.0313. The van der Waals surface area contributed by atoms with Gasteiger partial charge in [0.15, 0.2) is 31.3 Å². The molecule has 28 nitrogen and oxygen atoms in total. The van der Waals surface area contributed by atoms with Gasteiger partial charge in [-0.05, 0) is 80.6 Å². The number of esters is 1. The summed E-state index contributed by atoms with van der Waals surface area (Å²) in [6.45, 7) is 4.35. The number of carbonyl (C=O) groups is 1. The molecule has 8 aliphatic rings. The van der Waals surface area contributed by atoms with Gasteiger partial charge in [-0.1, -0.05) is 19.9 Å². The normalized spacial score (nSPS) is 53.2. The zero-order valence-corrected chi connectivity index (χ0v) is 44.0. The summed E-state index contributed by atoms with van der Waals surface area (Å²) >= 11 is 5.08. The van der Waals surface area contributed by atoms with Crippen molar-refractivity contribution in [3.8, 4) is 0 Å². The van der Waals surface area contributed by atoms with Crippen LogP contribution in [0.5, 0.6) is 0 Å². The van der Waals surface area contributed by atoms with Crippen LogP contribution in [0.2, 0.25) is 0 Å².